The third-order valence-electron chi connectivity index (χ3n) is 4.81. The number of nitriles is 1. The topological polar surface area (TPSA) is 95.5 Å². The Labute approximate surface area is 185 Å². The van der Waals surface area contributed by atoms with E-state index in [-0.39, 0.29) is 22.2 Å². The summed E-state index contributed by atoms with van der Waals surface area (Å²) in [6, 6.07) is 2.92. The zero-order valence-corrected chi connectivity index (χ0v) is 18.1. The van der Waals surface area contributed by atoms with Gasteiger partial charge in [-0.3, -0.25) is 4.90 Å². The molecule has 1 fully saturated rings. The minimum Gasteiger partial charge on any atom is -0.462 e. The molecule has 0 atom stereocenters. The molecule has 0 saturated carbocycles. The molecule has 31 heavy (non-hydrogen) atoms. The zero-order chi connectivity index (χ0) is 22.8. The molecule has 1 saturated heterocycles. The van der Waals surface area contributed by atoms with Crippen LogP contribution >= 0.6 is 22.9 Å². The van der Waals surface area contributed by atoms with E-state index in [1.165, 1.54) is 0 Å². The number of piperazine rings is 1. The number of anilines is 2. The summed E-state index contributed by atoms with van der Waals surface area (Å²) in [4.78, 5) is 20.3. The molecule has 0 unspecified atom stereocenters. The van der Waals surface area contributed by atoms with Crippen molar-refractivity contribution in [3.05, 3.63) is 38.9 Å². The molecule has 2 N–H and O–H groups in total. The fourth-order valence-electron chi connectivity index (χ4n) is 3.28. The van der Waals surface area contributed by atoms with Crippen LogP contribution in [0.3, 0.4) is 0 Å². The molecule has 0 bridgehead atoms. The molecule has 0 amide bonds. The van der Waals surface area contributed by atoms with E-state index in [9.17, 15) is 23.2 Å². The number of halogens is 4. The van der Waals surface area contributed by atoms with E-state index in [1.807, 2.05) is 4.90 Å². The maximum absolute atomic E-state index is 12.8. The summed E-state index contributed by atoms with van der Waals surface area (Å²) in [6.45, 7) is 4.22. The monoisotopic (exact) mass is 473 g/mol. The van der Waals surface area contributed by atoms with Gasteiger partial charge in [0.05, 0.1) is 22.8 Å². The highest BCUT2D eigenvalue weighted by atomic mass is 35.5. The Morgan fingerprint density at radius 3 is 2.61 bits per heavy atom. The number of alkyl halides is 3. The molecule has 12 heteroatoms. The average Bonchev–Trinajstić information content (AvgIpc) is 3.03. The normalized spacial score (nSPS) is 15.0. The maximum Gasteiger partial charge on any atom is 0.417 e. The van der Waals surface area contributed by atoms with Crippen molar-refractivity contribution < 1.29 is 22.7 Å². The Bertz CT molecular complexity index is 1010. The highest BCUT2D eigenvalue weighted by Gasteiger charge is 2.32. The van der Waals surface area contributed by atoms with Crippen LogP contribution in [0.5, 0.6) is 0 Å². The van der Waals surface area contributed by atoms with Crippen LogP contribution in [0.25, 0.3) is 0 Å². The molecular formula is C19H19ClF3N5O2S. The first-order valence-corrected chi connectivity index (χ1v) is 10.5. The van der Waals surface area contributed by atoms with E-state index in [1.54, 1.807) is 11.8 Å². The molecule has 0 spiro atoms. The summed E-state index contributed by atoms with van der Waals surface area (Å²) >= 11 is 7.07. The molecule has 166 valence electrons. The third kappa shape index (κ3) is 5.03. The van der Waals surface area contributed by atoms with Gasteiger partial charge in [0, 0.05) is 44.5 Å². The largest absolute Gasteiger partial charge is 0.462 e. The number of carbonyl (C=O) groups is 1. The van der Waals surface area contributed by atoms with Gasteiger partial charge in [0.15, 0.2) is 0 Å². The summed E-state index contributed by atoms with van der Waals surface area (Å²) in [5.41, 5.74) is 5.81. The lowest BCUT2D eigenvalue weighted by Gasteiger charge is -2.35. The first kappa shape index (κ1) is 23.1. The van der Waals surface area contributed by atoms with Gasteiger partial charge in [-0.15, -0.1) is 11.3 Å². The fraction of sp³-hybridized carbons (Fsp3) is 0.421. The van der Waals surface area contributed by atoms with Crippen LogP contribution in [0.2, 0.25) is 5.02 Å². The summed E-state index contributed by atoms with van der Waals surface area (Å²) in [5, 5.41) is 9.65. The Morgan fingerprint density at radius 2 is 2.06 bits per heavy atom. The lowest BCUT2D eigenvalue weighted by Crippen LogP contribution is -2.46. The Morgan fingerprint density at radius 1 is 1.39 bits per heavy atom. The number of ether oxygens (including phenoxy) is 1. The molecule has 0 aliphatic carbocycles. The van der Waals surface area contributed by atoms with E-state index in [4.69, 9.17) is 22.1 Å². The Hall–Kier alpha value is -2.55. The number of hydrogen-bond donors (Lipinski definition) is 1. The van der Waals surface area contributed by atoms with Crippen LogP contribution in [0.15, 0.2) is 12.3 Å². The van der Waals surface area contributed by atoms with Crippen LogP contribution in [-0.4, -0.2) is 48.6 Å². The molecule has 3 heterocycles. The lowest BCUT2D eigenvalue weighted by molar-refractivity contribution is -0.137. The van der Waals surface area contributed by atoms with Crippen molar-refractivity contribution in [2.75, 3.05) is 43.4 Å². The van der Waals surface area contributed by atoms with Crippen molar-refractivity contribution in [2.45, 2.75) is 19.6 Å². The van der Waals surface area contributed by atoms with Crippen molar-refractivity contribution in [3.8, 4) is 6.07 Å². The molecule has 0 aromatic carbocycles. The van der Waals surface area contributed by atoms with Crippen molar-refractivity contribution in [1.29, 1.82) is 5.26 Å². The van der Waals surface area contributed by atoms with E-state index < -0.39 is 17.7 Å². The molecule has 0 radical (unpaired) electrons. The molecule has 2 aromatic heterocycles. The predicted octanol–water partition coefficient (Wildman–Crippen LogP) is 3.77. The van der Waals surface area contributed by atoms with Crippen molar-refractivity contribution in [3.63, 3.8) is 0 Å². The first-order chi connectivity index (χ1) is 14.7. The number of hydrogen-bond acceptors (Lipinski definition) is 8. The number of pyridine rings is 1. The van der Waals surface area contributed by atoms with Crippen molar-refractivity contribution in [1.82, 2.24) is 9.88 Å². The predicted molar refractivity (Wildman–Crippen MR) is 111 cm³/mol. The van der Waals surface area contributed by atoms with Crippen LogP contribution in [-0.2, 0) is 17.5 Å². The van der Waals surface area contributed by atoms with Crippen LogP contribution in [0.4, 0.5) is 24.0 Å². The number of nitrogens with two attached hydrogens (primary N) is 1. The van der Waals surface area contributed by atoms with E-state index in [0.29, 0.717) is 49.0 Å². The van der Waals surface area contributed by atoms with Crippen LogP contribution < -0.4 is 10.6 Å². The van der Waals surface area contributed by atoms with Crippen molar-refractivity contribution >= 4 is 39.7 Å². The van der Waals surface area contributed by atoms with Gasteiger partial charge in [-0.1, -0.05) is 11.6 Å². The van der Waals surface area contributed by atoms with Crippen LogP contribution in [0.1, 0.15) is 33.3 Å². The van der Waals surface area contributed by atoms with Gasteiger partial charge in [0.25, 0.3) is 0 Å². The molecule has 3 rings (SSSR count). The fourth-order valence-corrected chi connectivity index (χ4v) is 4.49. The van der Waals surface area contributed by atoms with Gasteiger partial charge < -0.3 is 15.4 Å². The maximum atomic E-state index is 12.8. The summed E-state index contributed by atoms with van der Waals surface area (Å²) in [7, 11) is 0. The second-order valence-electron chi connectivity index (χ2n) is 6.77. The number of esters is 1. The Balaban J connectivity index is 1.72. The molecule has 2 aromatic rings. The number of nitrogen functional groups attached to an aromatic ring is 1. The number of aromatic nitrogens is 1. The zero-order valence-electron chi connectivity index (χ0n) is 16.5. The Kier molecular flexibility index (Phi) is 6.93. The van der Waals surface area contributed by atoms with Crippen LogP contribution in [0, 0.1) is 11.3 Å². The summed E-state index contributed by atoms with van der Waals surface area (Å²) < 4.78 is 43.5. The summed E-state index contributed by atoms with van der Waals surface area (Å²) in [6.07, 6.45) is -3.74. The number of thiophene rings is 1. The van der Waals surface area contributed by atoms with Gasteiger partial charge in [-0.05, 0) is 13.0 Å². The van der Waals surface area contributed by atoms with Crippen molar-refractivity contribution in [2.24, 2.45) is 0 Å². The standard InChI is InChI=1S/C19H19ClF3N5O2S/c1-2-30-18(29)15-13(12(8-24)16(25)31-15)10-27-3-5-28(6-4-27)17-14(20)7-11(9-26-17)19(21,22)23/h7,9H,2-6,10,25H2,1H3. The summed E-state index contributed by atoms with van der Waals surface area (Å²) in [5.74, 6) is -0.228. The minimum atomic E-state index is -4.51. The molecule has 1 aliphatic rings. The third-order valence-corrected chi connectivity index (χ3v) is 6.13. The van der Waals surface area contributed by atoms with E-state index >= 15 is 0 Å². The van der Waals surface area contributed by atoms with Gasteiger partial charge in [0.1, 0.15) is 21.8 Å². The van der Waals surface area contributed by atoms with Gasteiger partial charge in [-0.2, -0.15) is 18.4 Å². The highest BCUT2D eigenvalue weighted by Crippen LogP contribution is 2.35. The smallest absolute Gasteiger partial charge is 0.417 e. The second-order valence-corrected chi connectivity index (χ2v) is 8.23. The molecule has 1 aliphatic heterocycles. The first-order valence-electron chi connectivity index (χ1n) is 9.34. The highest BCUT2D eigenvalue weighted by molar-refractivity contribution is 7.18. The molecular weight excluding hydrogens is 455 g/mol. The second kappa shape index (κ2) is 9.30. The minimum absolute atomic E-state index is 0.0646. The molecule has 7 nitrogen and oxygen atoms in total. The lowest BCUT2D eigenvalue weighted by atomic mass is 10.1. The number of nitrogens with zero attached hydrogens (tertiary/aromatic N) is 4. The number of carbonyl (C=O) groups excluding carboxylic acids is 1. The van der Waals surface area contributed by atoms with E-state index in [0.717, 1.165) is 23.6 Å². The van der Waals surface area contributed by atoms with Gasteiger partial charge in [-0.25, -0.2) is 9.78 Å². The quantitative estimate of drug-likeness (QED) is 0.660. The van der Waals surface area contributed by atoms with Gasteiger partial charge in [0.2, 0.25) is 0 Å². The SMILES string of the molecule is CCOC(=O)c1sc(N)c(C#N)c1CN1CCN(c2ncc(C(F)(F)F)cc2Cl)CC1. The average molecular weight is 474 g/mol. The van der Waals surface area contributed by atoms with Gasteiger partial charge >= 0.3 is 12.1 Å². The van der Waals surface area contributed by atoms with E-state index in [2.05, 4.69) is 11.1 Å². The number of rotatable bonds is 5.